The Morgan fingerprint density at radius 2 is 1.96 bits per heavy atom. The van der Waals surface area contributed by atoms with E-state index < -0.39 is 24.0 Å². The summed E-state index contributed by atoms with van der Waals surface area (Å²) in [5.41, 5.74) is 0.303. The van der Waals surface area contributed by atoms with Crippen LogP contribution >= 0.6 is 0 Å². The van der Waals surface area contributed by atoms with Crippen LogP contribution in [-0.2, 0) is 19.2 Å². The Morgan fingerprint density at radius 1 is 1.25 bits per heavy atom. The number of hydrogen-bond acceptors (Lipinski definition) is 3. The van der Waals surface area contributed by atoms with E-state index in [0.29, 0.717) is 6.54 Å². The minimum Gasteiger partial charge on any atom is -0.374 e. The number of imidazole rings is 1. The molecule has 2 N–H and O–H groups in total. The SMILES string of the molecule is Cc1cccc(CNCCC(O)(c2nccn2C)C(F)(F)F)c1C. The maximum Gasteiger partial charge on any atom is 0.424 e. The van der Waals surface area contributed by atoms with Gasteiger partial charge >= 0.3 is 6.18 Å². The molecule has 0 spiro atoms. The second-order valence-corrected chi connectivity index (χ2v) is 6.01. The van der Waals surface area contributed by atoms with Gasteiger partial charge in [-0.2, -0.15) is 13.2 Å². The Balaban J connectivity index is 2.05. The normalized spacial score (nSPS) is 14.6. The van der Waals surface area contributed by atoms with Gasteiger partial charge in [0.25, 0.3) is 0 Å². The zero-order valence-electron chi connectivity index (χ0n) is 14.0. The Hall–Kier alpha value is -1.86. The molecule has 1 aromatic heterocycles. The summed E-state index contributed by atoms with van der Waals surface area (Å²) in [7, 11) is 1.43. The van der Waals surface area contributed by atoms with E-state index in [-0.39, 0.29) is 6.54 Å². The molecule has 0 aliphatic rings. The van der Waals surface area contributed by atoms with Gasteiger partial charge in [0.2, 0.25) is 5.60 Å². The van der Waals surface area contributed by atoms with Crippen molar-refractivity contribution in [2.45, 2.75) is 38.6 Å². The van der Waals surface area contributed by atoms with Crippen molar-refractivity contribution in [3.05, 3.63) is 53.1 Å². The van der Waals surface area contributed by atoms with Gasteiger partial charge < -0.3 is 15.0 Å². The molecule has 0 amide bonds. The predicted octanol–water partition coefficient (Wildman–Crippen LogP) is 2.97. The first kappa shape index (κ1) is 18.5. The van der Waals surface area contributed by atoms with E-state index in [1.165, 1.54) is 24.0 Å². The number of benzene rings is 1. The number of rotatable bonds is 6. The fourth-order valence-corrected chi connectivity index (χ4v) is 2.64. The number of aliphatic hydroxyl groups is 1. The largest absolute Gasteiger partial charge is 0.424 e. The lowest BCUT2D eigenvalue weighted by atomic mass is 9.97. The van der Waals surface area contributed by atoms with Crippen LogP contribution in [0, 0.1) is 13.8 Å². The molecule has 1 aromatic carbocycles. The summed E-state index contributed by atoms with van der Waals surface area (Å²) in [6.45, 7) is 4.42. The molecule has 1 heterocycles. The maximum absolute atomic E-state index is 13.4. The highest BCUT2D eigenvalue weighted by Gasteiger charge is 2.56. The highest BCUT2D eigenvalue weighted by atomic mass is 19.4. The Morgan fingerprint density at radius 3 is 2.54 bits per heavy atom. The van der Waals surface area contributed by atoms with Gasteiger partial charge in [0.05, 0.1) is 0 Å². The van der Waals surface area contributed by atoms with Gasteiger partial charge in [-0.3, -0.25) is 0 Å². The third-order valence-corrected chi connectivity index (χ3v) is 4.36. The Bertz CT molecular complexity index is 697. The van der Waals surface area contributed by atoms with Crippen molar-refractivity contribution in [1.82, 2.24) is 14.9 Å². The summed E-state index contributed by atoms with van der Waals surface area (Å²) >= 11 is 0. The van der Waals surface area contributed by atoms with Crippen LogP contribution in [0.25, 0.3) is 0 Å². The van der Waals surface area contributed by atoms with E-state index in [2.05, 4.69) is 10.3 Å². The molecule has 0 radical (unpaired) electrons. The Labute approximate surface area is 139 Å². The number of nitrogens with zero attached hydrogens (tertiary/aromatic N) is 2. The van der Waals surface area contributed by atoms with E-state index in [1.807, 2.05) is 32.0 Å². The lowest BCUT2D eigenvalue weighted by Gasteiger charge is -2.30. The highest BCUT2D eigenvalue weighted by molar-refractivity contribution is 5.32. The molecule has 0 saturated carbocycles. The molecule has 132 valence electrons. The second-order valence-electron chi connectivity index (χ2n) is 6.01. The van der Waals surface area contributed by atoms with Crippen LogP contribution in [0.3, 0.4) is 0 Å². The molecule has 2 rings (SSSR count). The average Bonchev–Trinajstić information content (AvgIpc) is 2.93. The summed E-state index contributed by atoms with van der Waals surface area (Å²) in [5.74, 6) is -0.400. The topological polar surface area (TPSA) is 50.1 Å². The molecule has 1 unspecified atom stereocenters. The van der Waals surface area contributed by atoms with Crippen LogP contribution in [0.15, 0.2) is 30.6 Å². The number of alkyl halides is 3. The average molecular weight is 341 g/mol. The van der Waals surface area contributed by atoms with Crippen molar-refractivity contribution in [3.8, 4) is 0 Å². The van der Waals surface area contributed by atoms with Crippen LogP contribution in [0.2, 0.25) is 0 Å². The van der Waals surface area contributed by atoms with Gasteiger partial charge in [-0.05, 0) is 37.1 Å². The molecule has 7 heteroatoms. The third kappa shape index (κ3) is 3.62. The third-order valence-electron chi connectivity index (χ3n) is 4.36. The monoisotopic (exact) mass is 341 g/mol. The first-order valence-corrected chi connectivity index (χ1v) is 7.69. The highest BCUT2D eigenvalue weighted by Crippen LogP contribution is 2.40. The summed E-state index contributed by atoms with van der Waals surface area (Å²) in [6.07, 6.45) is -2.68. The van der Waals surface area contributed by atoms with Gasteiger partial charge in [0.15, 0.2) is 0 Å². The minimum atomic E-state index is -4.80. The summed E-state index contributed by atoms with van der Waals surface area (Å²) < 4.78 is 41.3. The van der Waals surface area contributed by atoms with Crippen LogP contribution in [0.1, 0.15) is 28.9 Å². The lowest BCUT2D eigenvalue weighted by molar-refractivity contribution is -0.272. The number of nitrogens with one attached hydrogen (secondary N) is 1. The molecule has 0 saturated heterocycles. The fourth-order valence-electron chi connectivity index (χ4n) is 2.64. The van der Waals surface area contributed by atoms with Gasteiger partial charge in [-0.1, -0.05) is 18.2 Å². The van der Waals surface area contributed by atoms with Crippen molar-refractivity contribution in [2.24, 2.45) is 7.05 Å². The maximum atomic E-state index is 13.4. The first-order chi connectivity index (χ1) is 11.2. The van der Waals surface area contributed by atoms with E-state index in [4.69, 9.17) is 0 Å². The molecule has 0 aliphatic heterocycles. The number of hydrogen-bond donors (Lipinski definition) is 2. The zero-order chi connectivity index (χ0) is 18.0. The molecular formula is C17H22F3N3O. The first-order valence-electron chi connectivity index (χ1n) is 7.69. The van der Waals surface area contributed by atoms with E-state index in [9.17, 15) is 18.3 Å². The predicted molar refractivity (Wildman–Crippen MR) is 85.4 cm³/mol. The zero-order valence-corrected chi connectivity index (χ0v) is 14.0. The van der Waals surface area contributed by atoms with E-state index >= 15 is 0 Å². The van der Waals surface area contributed by atoms with Crippen LogP contribution in [0.5, 0.6) is 0 Å². The summed E-state index contributed by atoms with van der Waals surface area (Å²) in [6, 6.07) is 5.84. The van der Waals surface area contributed by atoms with Crippen LogP contribution < -0.4 is 5.32 Å². The van der Waals surface area contributed by atoms with Crippen molar-refractivity contribution in [3.63, 3.8) is 0 Å². The van der Waals surface area contributed by atoms with Crippen LogP contribution in [-0.4, -0.2) is 27.4 Å². The van der Waals surface area contributed by atoms with Crippen LogP contribution in [0.4, 0.5) is 13.2 Å². The van der Waals surface area contributed by atoms with Crippen molar-refractivity contribution in [1.29, 1.82) is 0 Å². The fraction of sp³-hybridized carbons (Fsp3) is 0.471. The van der Waals surface area contributed by atoms with Crippen molar-refractivity contribution < 1.29 is 18.3 Å². The summed E-state index contributed by atoms with van der Waals surface area (Å²) in [4.78, 5) is 3.68. The van der Waals surface area contributed by atoms with E-state index in [0.717, 1.165) is 16.7 Å². The number of aromatic nitrogens is 2. The number of halogens is 3. The molecule has 4 nitrogen and oxygen atoms in total. The quantitative estimate of drug-likeness (QED) is 0.794. The van der Waals surface area contributed by atoms with E-state index in [1.54, 1.807) is 0 Å². The molecule has 2 aromatic rings. The van der Waals surface area contributed by atoms with Crippen molar-refractivity contribution >= 4 is 0 Å². The minimum absolute atomic E-state index is 0.0102. The van der Waals surface area contributed by atoms with Gasteiger partial charge in [-0.15, -0.1) is 0 Å². The summed E-state index contributed by atoms with van der Waals surface area (Å²) in [5, 5.41) is 13.2. The van der Waals surface area contributed by atoms with Gasteiger partial charge in [0.1, 0.15) is 5.82 Å². The Kier molecular flexibility index (Phi) is 5.35. The lowest BCUT2D eigenvalue weighted by Crippen LogP contribution is -2.46. The molecule has 0 fully saturated rings. The molecule has 1 atom stereocenters. The molecule has 0 bridgehead atoms. The molecule has 24 heavy (non-hydrogen) atoms. The molecule has 0 aliphatic carbocycles. The van der Waals surface area contributed by atoms with Gasteiger partial charge in [-0.25, -0.2) is 4.98 Å². The second kappa shape index (κ2) is 6.94. The van der Waals surface area contributed by atoms with Crippen molar-refractivity contribution in [2.75, 3.05) is 6.54 Å². The molecular weight excluding hydrogens is 319 g/mol. The van der Waals surface area contributed by atoms with Gasteiger partial charge in [0, 0.05) is 32.4 Å². The number of aryl methyl sites for hydroxylation is 2. The standard InChI is InChI=1S/C17H22F3N3O/c1-12-5-4-6-14(13(12)2)11-21-8-7-16(24,17(18,19)20)15-22-9-10-23(15)3/h4-6,9-10,21,24H,7-8,11H2,1-3H3. The smallest absolute Gasteiger partial charge is 0.374 e.